The molecule has 0 aliphatic rings. The van der Waals surface area contributed by atoms with Crippen molar-refractivity contribution in [3.63, 3.8) is 0 Å². The quantitative estimate of drug-likeness (QED) is 0.207. The Labute approximate surface area is 229 Å². The van der Waals surface area contributed by atoms with Crippen molar-refractivity contribution in [2.75, 3.05) is 11.9 Å². The fourth-order valence-electron chi connectivity index (χ4n) is 3.34. The van der Waals surface area contributed by atoms with E-state index in [1.54, 1.807) is 19.1 Å². The summed E-state index contributed by atoms with van der Waals surface area (Å²) in [6.45, 7) is 7.64. The lowest BCUT2D eigenvalue weighted by molar-refractivity contribution is -0.138. The summed E-state index contributed by atoms with van der Waals surface area (Å²) in [5, 5.41) is 14.1. The minimum atomic E-state index is -1.58. The molecular formula is C27H32F3N3O7. The van der Waals surface area contributed by atoms with Crippen LogP contribution in [0.15, 0.2) is 36.4 Å². The van der Waals surface area contributed by atoms with Gasteiger partial charge in [-0.05, 0) is 42.5 Å². The van der Waals surface area contributed by atoms with Crippen LogP contribution in [-0.2, 0) is 29.4 Å². The molecule has 13 heteroatoms. The zero-order valence-corrected chi connectivity index (χ0v) is 22.6. The second-order valence-corrected chi connectivity index (χ2v) is 9.45. The van der Waals surface area contributed by atoms with E-state index >= 15 is 0 Å². The minimum absolute atomic E-state index is 0.0901. The molecular weight excluding hydrogens is 535 g/mol. The molecule has 40 heavy (non-hydrogen) atoms. The largest absolute Gasteiger partial charge is 0.483 e. The summed E-state index contributed by atoms with van der Waals surface area (Å²) in [5.74, 6) is -8.73. The van der Waals surface area contributed by atoms with Crippen LogP contribution in [0.5, 0.6) is 5.75 Å². The van der Waals surface area contributed by atoms with Gasteiger partial charge in [0, 0.05) is 5.69 Å². The summed E-state index contributed by atoms with van der Waals surface area (Å²) in [5.41, 5.74) is 0.965. The average Bonchev–Trinajstić information content (AvgIpc) is 2.89. The van der Waals surface area contributed by atoms with Gasteiger partial charge in [0.2, 0.25) is 11.7 Å². The van der Waals surface area contributed by atoms with Crippen LogP contribution in [0, 0.1) is 17.5 Å². The number of nitrogens with one attached hydrogen (secondary N) is 3. The molecule has 3 amide bonds. The van der Waals surface area contributed by atoms with Crippen LogP contribution in [0.2, 0.25) is 0 Å². The fraction of sp³-hybridized carbons (Fsp3) is 0.370. The van der Waals surface area contributed by atoms with Crippen molar-refractivity contribution in [2.45, 2.75) is 58.5 Å². The number of benzene rings is 2. The summed E-state index contributed by atoms with van der Waals surface area (Å²) < 4.78 is 45.5. The van der Waals surface area contributed by atoms with Gasteiger partial charge in [0.05, 0.1) is 6.04 Å². The van der Waals surface area contributed by atoms with Gasteiger partial charge >= 0.3 is 11.8 Å². The van der Waals surface area contributed by atoms with Gasteiger partial charge in [-0.1, -0.05) is 45.9 Å². The lowest BCUT2D eigenvalue weighted by Crippen LogP contribution is -2.52. The van der Waals surface area contributed by atoms with Gasteiger partial charge in [-0.2, -0.15) is 4.39 Å². The molecule has 0 fully saturated rings. The maximum absolute atomic E-state index is 13.7. The van der Waals surface area contributed by atoms with Crippen LogP contribution in [0.4, 0.5) is 18.9 Å². The Morgan fingerprint density at radius 1 is 0.975 bits per heavy atom. The van der Waals surface area contributed by atoms with E-state index in [9.17, 15) is 32.3 Å². The molecule has 0 radical (unpaired) electrons. The van der Waals surface area contributed by atoms with E-state index in [-0.39, 0.29) is 18.3 Å². The number of carboxylic acid groups (broad SMARTS) is 1. The number of rotatable bonds is 9. The number of anilines is 1. The number of carbonyl (C=O) groups excluding carboxylic acids is 4. The third-order valence-corrected chi connectivity index (χ3v) is 5.40. The Bertz CT molecular complexity index is 1230. The molecule has 2 aromatic rings. The highest BCUT2D eigenvalue weighted by molar-refractivity contribution is 6.40. The van der Waals surface area contributed by atoms with Crippen LogP contribution < -0.4 is 20.7 Å². The number of para-hydroxylation sites is 1. The van der Waals surface area contributed by atoms with Crippen LogP contribution >= 0.6 is 0 Å². The smallest absolute Gasteiger partial charge is 0.313 e. The van der Waals surface area contributed by atoms with E-state index in [0.717, 1.165) is 5.56 Å². The number of carbonyl (C=O) groups is 5. The van der Waals surface area contributed by atoms with Crippen LogP contribution in [0.1, 0.15) is 46.6 Å². The van der Waals surface area contributed by atoms with Gasteiger partial charge < -0.3 is 25.8 Å². The molecule has 0 bridgehead atoms. The fourth-order valence-corrected chi connectivity index (χ4v) is 3.34. The lowest BCUT2D eigenvalue weighted by Gasteiger charge is -2.23. The van der Waals surface area contributed by atoms with Crippen molar-refractivity contribution in [1.82, 2.24) is 10.6 Å². The molecule has 2 atom stereocenters. The van der Waals surface area contributed by atoms with E-state index in [2.05, 4.69) is 16.0 Å². The summed E-state index contributed by atoms with van der Waals surface area (Å²) >= 11 is 0. The monoisotopic (exact) mass is 567 g/mol. The first-order valence-electron chi connectivity index (χ1n) is 12.1. The maximum atomic E-state index is 13.7. The number of hydrogen-bond donors (Lipinski definition) is 4. The van der Waals surface area contributed by atoms with Gasteiger partial charge in [0.1, 0.15) is 12.6 Å². The zero-order chi connectivity index (χ0) is 30.6. The number of ketones is 1. The second kappa shape index (κ2) is 15.2. The predicted molar refractivity (Wildman–Crippen MR) is 139 cm³/mol. The van der Waals surface area contributed by atoms with Crippen LogP contribution in [0.3, 0.4) is 0 Å². The number of amides is 3. The summed E-state index contributed by atoms with van der Waals surface area (Å²) in [6, 6.07) is 5.91. The van der Waals surface area contributed by atoms with Gasteiger partial charge in [-0.15, -0.1) is 0 Å². The SMILES string of the molecule is CCC(NC(=O)C(C)NC(=O)C(=O)Nc1ccccc1C(C)(C)C)C(=O)COc1c(F)ccc(F)c1F.O=CO. The molecule has 0 heterocycles. The lowest BCUT2D eigenvalue weighted by atomic mass is 9.86. The molecule has 2 rings (SSSR count). The number of hydrogen-bond acceptors (Lipinski definition) is 6. The van der Waals surface area contributed by atoms with E-state index in [1.807, 2.05) is 32.9 Å². The highest BCUT2D eigenvalue weighted by atomic mass is 19.2. The van der Waals surface area contributed by atoms with Crippen molar-refractivity contribution >= 4 is 35.7 Å². The molecule has 10 nitrogen and oxygen atoms in total. The van der Waals surface area contributed by atoms with Crippen molar-refractivity contribution in [3.05, 3.63) is 59.4 Å². The Kier molecular flexibility index (Phi) is 12.8. The summed E-state index contributed by atoms with van der Waals surface area (Å²) in [6.07, 6.45) is 0.0901. The number of halogens is 3. The van der Waals surface area contributed by atoms with E-state index in [4.69, 9.17) is 14.6 Å². The molecule has 0 aliphatic carbocycles. The second-order valence-electron chi connectivity index (χ2n) is 9.45. The predicted octanol–water partition coefficient (Wildman–Crippen LogP) is 3.09. The molecule has 2 unspecified atom stereocenters. The highest BCUT2D eigenvalue weighted by Crippen LogP contribution is 2.29. The summed E-state index contributed by atoms with van der Waals surface area (Å²) in [7, 11) is 0. The molecule has 218 valence electrons. The first-order valence-corrected chi connectivity index (χ1v) is 12.1. The molecule has 0 saturated heterocycles. The van der Waals surface area contributed by atoms with E-state index < -0.39 is 65.4 Å². The van der Waals surface area contributed by atoms with Crippen molar-refractivity contribution in [2.24, 2.45) is 0 Å². The van der Waals surface area contributed by atoms with Crippen molar-refractivity contribution in [3.8, 4) is 5.75 Å². The molecule has 0 spiro atoms. The molecule has 2 aromatic carbocycles. The first kappa shape index (κ1) is 33.6. The summed E-state index contributed by atoms with van der Waals surface area (Å²) in [4.78, 5) is 58.1. The van der Waals surface area contributed by atoms with Gasteiger partial charge in [0.15, 0.2) is 23.2 Å². The molecule has 4 N–H and O–H groups in total. The first-order chi connectivity index (χ1) is 18.7. The van der Waals surface area contributed by atoms with E-state index in [0.29, 0.717) is 17.8 Å². The van der Waals surface area contributed by atoms with E-state index in [1.165, 1.54) is 6.92 Å². The normalized spacial score (nSPS) is 12.1. The number of ether oxygens (including phenoxy) is 1. The topological polar surface area (TPSA) is 151 Å². The standard InChI is InChI=1S/C26H30F3N3O5.CH2O2/c1-6-18(20(33)13-37-22-17(28)12-11-16(27)21(22)29)31-23(34)14(2)30-24(35)25(36)32-19-10-8-7-9-15(19)26(3,4)5;2-1-3/h7-12,14,18H,6,13H2,1-5H3,(H,30,35)(H,31,34)(H,32,36);1H,(H,2,3). The molecule has 0 aromatic heterocycles. The van der Waals surface area contributed by atoms with Gasteiger partial charge in [-0.3, -0.25) is 24.0 Å². The van der Waals surface area contributed by atoms with Gasteiger partial charge in [-0.25, -0.2) is 8.78 Å². The Hall–Kier alpha value is -4.42. The van der Waals surface area contributed by atoms with Crippen LogP contribution in [-0.4, -0.2) is 53.8 Å². The van der Waals surface area contributed by atoms with Crippen molar-refractivity contribution < 1.29 is 47.0 Å². The third-order valence-electron chi connectivity index (χ3n) is 5.40. The Morgan fingerprint density at radius 3 is 2.12 bits per heavy atom. The molecule has 0 saturated carbocycles. The average molecular weight is 568 g/mol. The Balaban J connectivity index is 0.00000254. The zero-order valence-electron chi connectivity index (χ0n) is 22.6. The third kappa shape index (κ3) is 9.71. The van der Waals surface area contributed by atoms with Gasteiger partial charge in [0.25, 0.3) is 6.47 Å². The maximum Gasteiger partial charge on any atom is 0.313 e. The molecule has 0 aliphatic heterocycles. The number of Topliss-reactive ketones (excluding diaryl/α,β-unsaturated/α-hetero) is 1. The van der Waals surface area contributed by atoms with Crippen molar-refractivity contribution in [1.29, 1.82) is 0 Å². The van der Waals surface area contributed by atoms with Crippen LogP contribution in [0.25, 0.3) is 0 Å². The minimum Gasteiger partial charge on any atom is -0.483 e. The highest BCUT2D eigenvalue weighted by Gasteiger charge is 2.27. The Morgan fingerprint density at radius 2 is 1.55 bits per heavy atom.